The number of likely N-dealkylation sites (tertiary alicyclic amines) is 1. The summed E-state index contributed by atoms with van der Waals surface area (Å²) in [6, 6.07) is 10.7. The Hall–Kier alpha value is -1.61. The third kappa shape index (κ3) is 5.30. The van der Waals surface area contributed by atoms with Crippen LogP contribution in [0.4, 0.5) is 0 Å². The van der Waals surface area contributed by atoms with E-state index in [-0.39, 0.29) is 17.9 Å². The van der Waals surface area contributed by atoms with Crippen molar-refractivity contribution in [3.63, 3.8) is 0 Å². The van der Waals surface area contributed by atoms with Gasteiger partial charge in [-0.1, -0.05) is 42.0 Å². The fraction of sp³-hybridized carbons (Fsp3) is 0.526. The monoisotopic (exact) mass is 300 g/mol. The summed E-state index contributed by atoms with van der Waals surface area (Å²) >= 11 is 0. The second-order valence-corrected chi connectivity index (χ2v) is 6.62. The minimum Gasteiger partial charge on any atom is -0.354 e. The molecule has 1 aromatic carbocycles. The van der Waals surface area contributed by atoms with Crippen LogP contribution in [0.5, 0.6) is 0 Å². The lowest BCUT2D eigenvalue weighted by molar-refractivity contribution is -0.126. The number of carbonyl (C=O) groups is 1. The molecule has 1 amide bonds. The van der Waals surface area contributed by atoms with E-state index in [1.165, 1.54) is 11.1 Å². The maximum atomic E-state index is 12.0. The molecule has 0 spiro atoms. The Kier molecular flexibility index (Phi) is 6.20. The van der Waals surface area contributed by atoms with Crippen molar-refractivity contribution in [3.8, 4) is 0 Å². The van der Waals surface area contributed by atoms with Gasteiger partial charge in [-0.25, -0.2) is 0 Å². The van der Waals surface area contributed by atoms with Crippen molar-refractivity contribution >= 4 is 12.0 Å². The first-order valence-corrected chi connectivity index (χ1v) is 8.29. The summed E-state index contributed by atoms with van der Waals surface area (Å²) in [5.41, 5.74) is 2.63. The molecule has 0 saturated carbocycles. The summed E-state index contributed by atoms with van der Waals surface area (Å²) in [6.45, 7) is 9.24. The van der Waals surface area contributed by atoms with Crippen molar-refractivity contribution in [1.29, 1.82) is 0 Å². The molecule has 120 valence electrons. The van der Waals surface area contributed by atoms with E-state index in [1.54, 1.807) is 0 Å². The smallest absolute Gasteiger partial charge is 0.223 e. The van der Waals surface area contributed by atoms with Crippen molar-refractivity contribution in [2.45, 2.75) is 39.7 Å². The summed E-state index contributed by atoms with van der Waals surface area (Å²) in [4.78, 5) is 14.5. The average molecular weight is 300 g/mol. The van der Waals surface area contributed by atoms with E-state index in [2.05, 4.69) is 47.5 Å². The molecule has 22 heavy (non-hydrogen) atoms. The number of nitrogens with zero attached hydrogens (tertiary/aromatic N) is 1. The highest BCUT2D eigenvalue weighted by molar-refractivity contribution is 5.79. The molecule has 1 aliphatic rings. The van der Waals surface area contributed by atoms with Gasteiger partial charge in [-0.05, 0) is 52.3 Å². The Morgan fingerprint density at radius 2 is 1.91 bits per heavy atom. The number of benzene rings is 1. The zero-order chi connectivity index (χ0) is 15.9. The Morgan fingerprint density at radius 3 is 2.50 bits per heavy atom. The highest BCUT2D eigenvalue weighted by Gasteiger charge is 2.25. The molecule has 1 heterocycles. The molecule has 2 rings (SSSR count). The van der Waals surface area contributed by atoms with E-state index in [9.17, 15) is 4.79 Å². The van der Waals surface area contributed by atoms with Gasteiger partial charge in [0.05, 0.1) is 0 Å². The van der Waals surface area contributed by atoms with E-state index in [1.807, 2.05) is 19.9 Å². The van der Waals surface area contributed by atoms with Crippen LogP contribution in [0.1, 0.15) is 39.2 Å². The summed E-state index contributed by atoms with van der Waals surface area (Å²) in [7, 11) is 0. The minimum absolute atomic E-state index is 0.192. The maximum absolute atomic E-state index is 12.0. The molecular weight excluding hydrogens is 272 g/mol. The Labute approximate surface area is 134 Å². The van der Waals surface area contributed by atoms with Gasteiger partial charge in [0.2, 0.25) is 5.91 Å². The number of nitrogens with one attached hydrogen (secondary N) is 1. The number of piperidine rings is 1. The Bertz CT molecular complexity index is 499. The van der Waals surface area contributed by atoms with Crippen LogP contribution in [-0.2, 0) is 4.79 Å². The molecule has 3 nitrogen and oxygen atoms in total. The number of carbonyl (C=O) groups excluding carboxylic acids is 1. The average Bonchev–Trinajstić information content (AvgIpc) is 2.48. The number of rotatable bonds is 5. The molecule has 1 saturated heterocycles. The van der Waals surface area contributed by atoms with Crippen LogP contribution in [0.25, 0.3) is 6.08 Å². The summed E-state index contributed by atoms with van der Waals surface area (Å²) in [5, 5.41) is 3.03. The third-order valence-electron chi connectivity index (χ3n) is 4.07. The Morgan fingerprint density at radius 1 is 1.27 bits per heavy atom. The van der Waals surface area contributed by atoms with E-state index >= 15 is 0 Å². The molecule has 1 aromatic rings. The molecule has 3 heteroatoms. The van der Waals surface area contributed by atoms with Crippen LogP contribution in [0.3, 0.4) is 0 Å². The molecule has 1 fully saturated rings. The molecule has 0 bridgehead atoms. The second kappa shape index (κ2) is 8.14. The van der Waals surface area contributed by atoms with Crippen LogP contribution < -0.4 is 5.32 Å². The van der Waals surface area contributed by atoms with Gasteiger partial charge >= 0.3 is 0 Å². The molecule has 0 aliphatic carbocycles. The van der Waals surface area contributed by atoms with E-state index in [0.29, 0.717) is 0 Å². The molecule has 1 aliphatic heterocycles. The summed E-state index contributed by atoms with van der Waals surface area (Å²) in [5.74, 6) is 0.420. The predicted molar refractivity (Wildman–Crippen MR) is 92.5 cm³/mol. The highest BCUT2D eigenvalue weighted by Crippen LogP contribution is 2.19. The third-order valence-corrected chi connectivity index (χ3v) is 4.07. The van der Waals surface area contributed by atoms with Crippen LogP contribution in [0, 0.1) is 5.92 Å². The van der Waals surface area contributed by atoms with E-state index in [4.69, 9.17) is 0 Å². The SMILES string of the molecule is C/C(=C\c1ccccc1)CN1CCC(C(=O)NC(C)C)CC1. The van der Waals surface area contributed by atoms with Gasteiger partial charge in [0.25, 0.3) is 0 Å². The van der Waals surface area contributed by atoms with Crippen molar-refractivity contribution in [1.82, 2.24) is 10.2 Å². The molecule has 0 aromatic heterocycles. The number of hydrogen-bond donors (Lipinski definition) is 1. The van der Waals surface area contributed by atoms with Gasteiger partial charge < -0.3 is 5.32 Å². The highest BCUT2D eigenvalue weighted by atomic mass is 16.1. The van der Waals surface area contributed by atoms with Crippen molar-refractivity contribution < 1.29 is 4.79 Å². The quantitative estimate of drug-likeness (QED) is 0.904. The van der Waals surface area contributed by atoms with Crippen molar-refractivity contribution in [3.05, 3.63) is 41.5 Å². The van der Waals surface area contributed by atoms with Crippen molar-refractivity contribution in [2.75, 3.05) is 19.6 Å². The molecular formula is C19H28N2O. The number of hydrogen-bond acceptors (Lipinski definition) is 2. The molecule has 0 radical (unpaired) electrons. The second-order valence-electron chi connectivity index (χ2n) is 6.62. The van der Waals surface area contributed by atoms with Gasteiger partial charge in [0, 0.05) is 18.5 Å². The zero-order valence-electron chi connectivity index (χ0n) is 14.0. The van der Waals surface area contributed by atoms with Gasteiger partial charge in [-0.2, -0.15) is 0 Å². The van der Waals surface area contributed by atoms with Gasteiger partial charge in [0.15, 0.2) is 0 Å². The van der Waals surface area contributed by atoms with Crippen LogP contribution in [0.2, 0.25) is 0 Å². The predicted octanol–water partition coefficient (Wildman–Crippen LogP) is 3.33. The summed E-state index contributed by atoms with van der Waals surface area (Å²) in [6.07, 6.45) is 4.19. The van der Waals surface area contributed by atoms with E-state index in [0.717, 1.165) is 32.5 Å². The van der Waals surface area contributed by atoms with E-state index < -0.39 is 0 Å². The fourth-order valence-electron chi connectivity index (χ4n) is 2.99. The first-order valence-electron chi connectivity index (χ1n) is 8.29. The Balaban J connectivity index is 1.80. The minimum atomic E-state index is 0.192. The normalized spacial score (nSPS) is 17.7. The van der Waals surface area contributed by atoms with Gasteiger partial charge in [0.1, 0.15) is 0 Å². The first-order chi connectivity index (χ1) is 10.5. The largest absolute Gasteiger partial charge is 0.354 e. The van der Waals surface area contributed by atoms with Crippen molar-refractivity contribution in [2.24, 2.45) is 5.92 Å². The number of amides is 1. The maximum Gasteiger partial charge on any atom is 0.223 e. The van der Waals surface area contributed by atoms with Crippen LogP contribution in [-0.4, -0.2) is 36.5 Å². The molecule has 0 atom stereocenters. The van der Waals surface area contributed by atoms with Crippen LogP contribution >= 0.6 is 0 Å². The van der Waals surface area contributed by atoms with Crippen LogP contribution in [0.15, 0.2) is 35.9 Å². The lowest BCUT2D eigenvalue weighted by Gasteiger charge is -2.31. The lowest BCUT2D eigenvalue weighted by Crippen LogP contribution is -2.42. The lowest BCUT2D eigenvalue weighted by atomic mass is 9.95. The fourth-order valence-corrected chi connectivity index (χ4v) is 2.99. The zero-order valence-corrected chi connectivity index (χ0v) is 14.0. The summed E-state index contributed by atoms with van der Waals surface area (Å²) < 4.78 is 0. The standard InChI is InChI=1S/C19H28N2O/c1-15(2)20-19(22)18-9-11-21(12-10-18)14-16(3)13-17-7-5-4-6-8-17/h4-8,13,15,18H,9-12,14H2,1-3H3,(H,20,22)/b16-13+. The topological polar surface area (TPSA) is 32.3 Å². The first kappa shape index (κ1) is 16.8. The molecule has 1 N–H and O–H groups in total. The van der Waals surface area contributed by atoms with Gasteiger partial charge in [-0.15, -0.1) is 0 Å². The molecule has 0 unspecified atom stereocenters. The van der Waals surface area contributed by atoms with Gasteiger partial charge in [-0.3, -0.25) is 9.69 Å².